The van der Waals surface area contributed by atoms with Crippen LogP contribution in [0.25, 0.3) is 11.1 Å². The van der Waals surface area contributed by atoms with Gasteiger partial charge in [0.15, 0.2) is 0 Å². The molecule has 0 atom stereocenters. The van der Waals surface area contributed by atoms with E-state index in [4.69, 9.17) is 17.0 Å². The predicted octanol–water partition coefficient (Wildman–Crippen LogP) is 14.2. The number of benzene rings is 4. The Hall–Kier alpha value is -2.73. The zero-order valence-electron chi connectivity index (χ0n) is 30.4. The number of rotatable bonds is 4. The molecule has 0 radical (unpaired) electrons. The van der Waals surface area contributed by atoms with E-state index in [1.165, 1.54) is 24.3 Å². The first-order valence-electron chi connectivity index (χ1n) is 17.3. The van der Waals surface area contributed by atoms with Crippen LogP contribution in [0.1, 0.15) is 101 Å². The van der Waals surface area contributed by atoms with Crippen LogP contribution >= 0.6 is 17.0 Å². The average molecular weight is 835 g/mol. The molecule has 4 aromatic rings. The Morgan fingerprint density at radius 2 is 0.904 bits per heavy atom. The molecule has 0 saturated carbocycles. The molecule has 0 amide bonds. The standard InChI is InChI=1S/C23H29.C15H8F6.C5H5.2ClH.Zr/c1-14-9-16-11-17-10-15(2)21(23(6,7)8)13-19(17)18(16)12-20(14)22(3,4)5;16-14(17,18)12-5-1-10(2-6-12)9-11-3-7-13(8-4-11)15(19,20)21;1-2-4-5-3-1;;;/h9-13H,1-8H3;1-8H;1-5H;2*1H;/q;;;;;+2/p-2. The second kappa shape index (κ2) is 12.7. The Morgan fingerprint density at radius 1 is 0.558 bits per heavy atom. The van der Waals surface area contributed by atoms with Gasteiger partial charge >= 0.3 is 312 Å². The van der Waals surface area contributed by atoms with Crippen LogP contribution in [0.2, 0.25) is 3.63 Å². The number of halogens is 8. The van der Waals surface area contributed by atoms with Crippen molar-refractivity contribution in [3.05, 3.63) is 153 Å². The van der Waals surface area contributed by atoms with Gasteiger partial charge in [-0.15, -0.1) is 0 Å². The Kier molecular flexibility index (Phi) is 9.50. The van der Waals surface area contributed by atoms with Crippen molar-refractivity contribution in [2.24, 2.45) is 0 Å². The van der Waals surface area contributed by atoms with Crippen molar-refractivity contribution in [1.29, 1.82) is 0 Å². The van der Waals surface area contributed by atoms with Crippen LogP contribution in [-0.4, -0.2) is 3.21 Å². The van der Waals surface area contributed by atoms with E-state index in [-0.39, 0.29) is 10.8 Å². The summed E-state index contributed by atoms with van der Waals surface area (Å²) in [4.78, 5) is 0. The number of hydrogen-bond donors (Lipinski definition) is 0. The molecule has 0 saturated heterocycles. The van der Waals surface area contributed by atoms with Gasteiger partial charge in [0.25, 0.3) is 0 Å². The summed E-state index contributed by atoms with van der Waals surface area (Å²) in [6, 6.07) is 18.1. The van der Waals surface area contributed by atoms with Gasteiger partial charge in [-0.3, -0.25) is 0 Å². The third-order valence-corrected chi connectivity index (χ3v) is 30.3. The van der Waals surface area contributed by atoms with Gasteiger partial charge in [0.2, 0.25) is 0 Å². The predicted molar refractivity (Wildman–Crippen MR) is 200 cm³/mol. The minimum atomic E-state index is -6.07. The van der Waals surface area contributed by atoms with Gasteiger partial charge in [-0.1, -0.05) is 0 Å². The van der Waals surface area contributed by atoms with E-state index in [1.54, 1.807) is 0 Å². The summed E-state index contributed by atoms with van der Waals surface area (Å²) in [5, 5.41) is 0. The molecular weight excluding hydrogens is 793 g/mol. The first-order valence-corrected chi connectivity index (χ1v) is 27.7. The Morgan fingerprint density at radius 3 is 1.21 bits per heavy atom. The van der Waals surface area contributed by atoms with Gasteiger partial charge in [-0.25, -0.2) is 0 Å². The zero-order valence-corrected chi connectivity index (χ0v) is 34.4. The second-order valence-corrected chi connectivity index (χ2v) is 37.1. The zero-order chi connectivity index (χ0) is 38.4. The monoisotopic (exact) mass is 832 g/mol. The van der Waals surface area contributed by atoms with Gasteiger partial charge in [0.05, 0.1) is 0 Å². The fourth-order valence-electron chi connectivity index (χ4n) is 8.42. The molecule has 0 nitrogen and oxygen atoms in total. The van der Waals surface area contributed by atoms with Crippen molar-refractivity contribution in [2.45, 2.75) is 85.8 Å². The van der Waals surface area contributed by atoms with E-state index >= 15 is 0 Å². The molecule has 0 unspecified atom stereocenters. The summed E-state index contributed by atoms with van der Waals surface area (Å²) in [6.07, 6.45) is -1.61. The van der Waals surface area contributed by atoms with Crippen LogP contribution in [0, 0.1) is 13.8 Å². The van der Waals surface area contributed by atoms with E-state index in [1.807, 2.05) is 24.3 Å². The third kappa shape index (κ3) is 6.55. The van der Waals surface area contributed by atoms with Crippen molar-refractivity contribution < 1.29 is 42.3 Å². The van der Waals surface area contributed by atoms with Crippen LogP contribution in [-0.2, 0) is 39.1 Å². The summed E-state index contributed by atoms with van der Waals surface area (Å²) in [6.45, 7) is 17.1. The maximum absolute atomic E-state index is 13.9. The van der Waals surface area contributed by atoms with Crippen molar-refractivity contribution >= 4 is 20.2 Å². The molecule has 0 fully saturated rings. The molecule has 6 rings (SSSR count). The molecule has 4 aromatic carbocycles. The molecule has 0 aromatic heterocycles. The molecule has 0 spiro atoms. The SMILES string of the molecule is Cc1cc2c(cc1C(C)(C)C)-c1cc(C(C)(C)C)c(C)cc1[CH]2[Zr]([Cl])([Cl])(=[C](c1ccc(C(F)(F)F)cc1)c1ccc(C(F)(F)F)cc1)[CH]1C=CC=C1. The molecule has 2 aliphatic carbocycles. The summed E-state index contributed by atoms with van der Waals surface area (Å²) < 4.78 is 82.5. The number of allylic oxidation sites excluding steroid dienone is 4. The van der Waals surface area contributed by atoms with Crippen LogP contribution in [0.4, 0.5) is 26.3 Å². The number of alkyl halides is 6. The molecule has 274 valence electrons. The van der Waals surface area contributed by atoms with Gasteiger partial charge in [-0.05, 0) is 0 Å². The number of fused-ring (bicyclic) bond motifs is 3. The Labute approximate surface area is 310 Å². The van der Waals surface area contributed by atoms with Crippen LogP contribution in [0.3, 0.4) is 0 Å². The van der Waals surface area contributed by atoms with Crippen LogP contribution < -0.4 is 0 Å². The first kappa shape index (κ1) is 39.0. The van der Waals surface area contributed by atoms with Crippen molar-refractivity contribution in [1.82, 2.24) is 0 Å². The molecular formula is C43H42Cl2F6Zr. The molecule has 2 aliphatic rings. The molecule has 52 heavy (non-hydrogen) atoms. The quantitative estimate of drug-likeness (QED) is 0.180. The van der Waals surface area contributed by atoms with Gasteiger partial charge in [0, 0.05) is 0 Å². The van der Waals surface area contributed by atoms with Crippen LogP contribution in [0.5, 0.6) is 0 Å². The Bertz CT molecular complexity index is 2060. The van der Waals surface area contributed by atoms with Crippen LogP contribution in [0.15, 0.2) is 97.1 Å². The van der Waals surface area contributed by atoms with Gasteiger partial charge in [-0.2, -0.15) is 0 Å². The summed E-state index contributed by atoms with van der Waals surface area (Å²) >= 11 is -6.07. The van der Waals surface area contributed by atoms with Crippen molar-refractivity contribution in [3.63, 3.8) is 0 Å². The topological polar surface area (TPSA) is 0 Å². The van der Waals surface area contributed by atoms with Crippen molar-refractivity contribution in [2.75, 3.05) is 0 Å². The number of aryl methyl sites for hydroxylation is 2. The van der Waals surface area contributed by atoms with E-state index < -0.39 is 46.6 Å². The fourth-order valence-corrected chi connectivity index (χ4v) is 27.8. The third-order valence-electron chi connectivity index (χ3n) is 10.7. The summed E-state index contributed by atoms with van der Waals surface area (Å²) in [5.74, 6) is 0. The second-order valence-electron chi connectivity index (χ2n) is 16.4. The van der Waals surface area contributed by atoms with Crippen molar-refractivity contribution in [3.8, 4) is 11.1 Å². The first-order chi connectivity index (χ1) is 23.8. The van der Waals surface area contributed by atoms with Gasteiger partial charge < -0.3 is 0 Å². The maximum atomic E-state index is 13.9. The normalized spacial score (nSPS) is 15.7. The molecule has 0 N–H and O–H groups in total. The molecule has 0 bridgehead atoms. The van der Waals surface area contributed by atoms with E-state index in [0.717, 1.165) is 68.8 Å². The Balaban J connectivity index is 1.84. The summed E-state index contributed by atoms with van der Waals surface area (Å²) in [7, 11) is 17.0. The summed E-state index contributed by atoms with van der Waals surface area (Å²) in [5.41, 5.74) is 6.85. The van der Waals surface area contributed by atoms with E-state index in [9.17, 15) is 26.3 Å². The van der Waals surface area contributed by atoms with E-state index in [0.29, 0.717) is 14.3 Å². The number of hydrogen-bond acceptors (Lipinski definition) is 0. The molecule has 0 heterocycles. The molecule has 9 heteroatoms. The molecule has 0 aliphatic heterocycles. The minimum absolute atomic E-state index is 0.191. The fraction of sp³-hybridized carbons (Fsp3) is 0.326. The average Bonchev–Trinajstić information content (AvgIpc) is 3.67. The van der Waals surface area contributed by atoms with Gasteiger partial charge in [0.1, 0.15) is 0 Å². The van der Waals surface area contributed by atoms with E-state index in [2.05, 4.69) is 79.7 Å².